The van der Waals surface area contributed by atoms with Crippen LogP contribution in [0, 0.1) is 0 Å². The van der Waals surface area contributed by atoms with Crippen LogP contribution in [0.5, 0.6) is 0 Å². The molecule has 0 aromatic carbocycles. The lowest BCUT2D eigenvalue weighted by atomic mass is 10.4. The third-order valence-corrected chi connectivity index (χ3v) is 4.17. The zero-order chi connectivity index (χ0) is 33.2. The first-order valence-corrected chi connectivity index (χ1v) is 16.6. The number of hydrogen-bond donors (Lipinski definition) is 2. The summed E-state index contributed by atoms with van der Waals surface area (Å²) in [5.74, 6) is 0. The maximum atomic E-state index is 9.21. The van der Waals surface area contributed by atoms with Gasteiger partial charge in [0.2, 0.25) is 0 Å². The second-order valence-electron chi connectivity index (χ2n) is 8.63. The molecule has 0 bridgehead atoms. The second kappa shape index (κ2) is 99.3. The topological polar surface area (TPSA) is 83.8 Å². The Labute approximate surface area is 250 Å². The van der Waals surface area contributed by atoms with Gasteiger partial charge in [0, 0.05) is 0 Å². The van der Waals surface area contributed by atoms with Crippen LogP contribution in [0.2, 0.25) is 0 Å². The molecule has 0 spiro atoms. The van der Waals surface area contributed by atoms with Crippen molar-refractivity contribution in [2.75, 3.05) is 0 Å². The number of carboxylic acid groups (broad SMARTS) is 2. The molecule has 0 aromatic rings. The lowest BCUT2D eigenvalue weighted by molar-refractivity contribution is 0.0802. The van der Waals surface area contributed by atoms with Gasteiger partial charge in [-0.3, -0.25) is 0 Å². The first-order valence-electron chi connectivity index (χ1n) is 16.6. The van der Waals surface area contributed by atoms with E-state index in [2.05, 4.69) is 116 Å². The molecule has 0 aliphatic rings. The third kappa shape index (κ3) is 384. The van der Waals surface area contributed by atoms with Crippen LogP contribution in [-0.2, 0) is 4.74 Å². The van der Waals surface area contributed by atoms with E-state index in [0.717, 1.165) is 0 Å². The van der Waals surface area contributed by atoms with Crippen molar-refractivity contribution in [3.05, 3.63) is 0 Å². The molecule has 0 heterocycles. The number of hydrogen-bond acceptors (Lipinski definition) is 3. The number of rotatable bonds is 8. The van der Waals surface area contributed by atoms with Crippen molar-refractivity contribution in [3.63, 3.8) is 0 Å². The van der Waals surface area contributed by atoms with Crippen molar-refractivity contribution < 1.29 is 24.5 Å². The number of unbranched alkanes of at least 4 members (excludes halogenated alkanes) is 8. The Hall–Kier alpha value is -1.26. The van der Waals surface area contributed by atoms with Crippen molar-refractivity contribution in [2.45, 2.75) is 214 Å². The van der Waals surface area contributed by atoms with E-state index in [9.17, 15) is 9.59 Å². The van der Waals surface area contributed by atoms with Crippen molar-refractivity contribution in [1.82, 2.24) is 0 Å². The Balaban J connectivity index is -0.0000000374. The number of carbonyl (C=O) groups is 2. The van der Waals surface area contributed by atoms with Gasteiger partial charge in [-0.2, -0.15) is 0 Å². The predicted octanol–water partition coefficient (Wildman–Crippen LogP) is 14.8. The molecular formula is C34H82O5. The van der Waals surface area contributed by atoms with E-state index in [0.29, 0.717) is 0 Å². The lowest BCUT2D eigenvalue weighted by Crippen LogP contribution is -2.05. The molecule has 0 saturated heterocycles. The van der Waals surface area contributed by atoms with Gasteiger partial charge in [-0.25, -0.2) is 9.59 Å². The highest BCUT2D eigenvalue weighted by atomic mass is 16.7. The summed E-state index contributed by atoms with van der Waals surface area (Å²) < 4.78 is 3.08. The zero-order valence-electron chi connectivity index (χ0n) is 30.4. The molecule has 0 aromatic heterocycles. The van der Waals surface area contributed by atoms with Gasteiger partial charge in [-0.1, -0.05) is 214 Å². The summed E-state index contributed by atoms with van der Waals surface area (Å²) in [7, 11) is 0. The van der Waals surface area contributed by atoms with Crippen LogP contribution in [-0.4, -0.2) is 22.5 Å². The molecule has 39 heavy (non-hydrogen) atoms. The van der Waals surface area contributed by atoms with Gasteiger partial charge < -0.3 is 14.9 Å². The quantitative estimate of drug-likeness (QED) is 0.224. The fraction of sp³-hybridized carbons (Fsp3) is 0.941. The van der Waals surface area contributed by atoms with Crippen molar-refractivity contribution in [1.29, 1.82) is 0 Å². The molecule has 2 N–H and O–H groups in total. The van der Waals surface area contributed by atoms with Gasteiger partial charge in [-0.05, 0) is 0 Å². The minimum absolute atomic E-state index is 1.32. The van der Waals surface area contributed by atoms with Gasteiger partial charge in [0.1, 0.15) is 0 Å². The lowest BCUT2D eigenvalue weighted by Gasteiger charge is -1.84. The van der Waals surface area contributed by atoms with Crippen LogP contribution >= 0.6 is 0 Å². The molecule has 0 atom stereocenters. The van der Waals surface area contributed by atoms with E-state index >= 15 is 0 Å². The normalized spacial score (nSPS) is 7.49. The van der Waals surface area contributed by atoms with Crippen LogP contribution in [0.1, 0.15) is 214 Å². The van der Waals surface area contributed by atoms with Crippen LogP contribution in [0.25, 0.3) is 0 Å². The molecule has 0 fully saturated rings. The smallest absolute Gasteiger partial charge is 0.449 e. The van der Waals surface area contributed by atoms with Crippen molar-refractivity contribution in [2.24, 2.45) is 0 Å². The van der Waals surface area contributed by atoms with Gasteiger partial charge in [0.15, 0.2) is 0 Å². The van der Waals surface area contributed by atoms with E-state index in [1.54, 1.807) is 0 Å². The van der Waals surface area contributed by atoms with E-state index in [1.165, 1.54) is 103 Å². The molecular weight excluding hydrogens is 488 g/mol. The fourth-order valence-electron chi connectivity index (χ4n) is 0.0747. The molecule has 0 saturated carbocycles. The van der Waals surface area contributed by atoms with Crippen molar-refractivity contribution in [3.8, 4) is 0 Å². The zero-order valence-corrected chi connectivity index (χ0v) is 30.4. The highest BCUT2D eigenvalue weighted by Crippen LogP contribution is 1.79. The Bertz CT molecular complexity index is 219. The monoisotopic (exact) mass is 571 g/mol. The predicted molar refractivity (Wildman–Crippen MR) is 182 cm³/mol. The summed E-state index contributed by atoms with van der Waals surface area (Å²) in [5, 5.41) is 15.0. The summed E-state index contributed by atoms with van der Waals surface area (Å²) in [4.78, 5) is 18.4. The summed E-state index contributed by atoms with van der Waals surface area (Å²) in [5.41, 5.74) is 0. The molecule has 5 heteroatoms. The minimum atomic E-state index is -1.81. The molecule has 0 unspecified atom stereocenters. The Morgan fingerprint density at radius 1 is 0.308 bits per heavy atom. The van der Waals surface area contributed by atoms with Gasteiger partial charge >= 0.3 is 12.3 Å². The van der Waals surface area contributed by atoms with Gasteiger partial charge in [0.05, 0.1) is 0 Å². The molecule has 0 aliphatic carbocycles. The number of ether oxygens (including phenoxy) is 1. The standard InChI is InChI=1S/8C4H10.C2H2O5/c8*1-3-4-2;3-1(4)7-2(5)6/h8*3-4H2,1-2H3;(H,3,4)(H,5,6). The summed E-state index contributed by atoms with van der Waals surface area (Å²) in [6.45, 7) is 34.9. The highest BCUT2D eigenvalue weighted by Gasteiger charge is 2.01. The molecule has 248 valence electrons. The van der Waals surface area contributed by atoms with Crippen LogP contribution in [0.3, 0.4) is 0 Å². The minimum Gasteiger partial charge on any atom is -0.449 e. The van der Waals surface area contributed by atoms with E-state index < -0.39 is 12.3 Å². The second-order valence-corrected chi connectivity index (χ2v) is 8.63. The van der Waals surface area contributed by atoms with E-state index in [4.69, 9.17) is 10.2 Å². The maximum absolute atomic E-state index is 9.21. The molecule has 0 amide bonds. The Morgan fingerprint density at radius 3 is 0.385 bits per heavy atom. The first-order chi connectivity index (χ1) is 18.4. The molecule has 5 nitrogen and oxygen atoms in total. The highest BCUT2D eigenvalue weighted by molar-refractivity contribution is 5.74. The summed E-state index contributed by atoms with van der Waals surface area (Å²) in [6.07, 6.45) is 17.5. The fourth-order valence-corrected chi connectivity index (χ4v) is 0.0747. The first kappa shape index (κ1) is 61.7. The van der Waals surface area contributed by atoms with E-state index in [-0.39, 0.29) is 0 Å². The van der Waals surface area contributed by atoms with E-state index in [1.807, 2.05) is 0 Å². The van der Waals surface area contributed by atoms with Gasteiger partial charge in [0.25, 0.3) is 0 Å². The summed E-state index contributed by atoms with van der Waals surface area (Å²) >= 11 is 0. The molecule has 0 radical (unpaired) electrons. The van der Waals surface area contributed by atoms with Crippen molar-refractivity contribution >= 4 is 12.3 Å². The Morgan fingerprint density at radius 2 is 0.385 bits per heavy atom. The largest absolute Gasteiger partial charge is 0.516 e. The SMILES string of the molecule is CCCC.CCCC.CCCC.CCCC.CCCC.CCCC.CCCC.CCCC.O=C(O)OC(=O)O. The van der Waals surface area contributed by atoms with Crippen LogP contribution in [0.15, 0.2) is 0 Å². The van der Waals surface area contributed by atoms with Crippen LogP contribution in [0.4, 0.5) is 9.59 Å². The summed E-state index contributed by atoms with van der Waals surface area (Å²) in [6, 6.07) is 0. The van der Waals surface area contributed by atoms with Gasteiger partial charge in [-0.15, -0.1) is 0 Å². The Kier molecular flexibility index (Phi) is 157. The molecule has 0 rings (SSSR count). The van der Waals surface area contributed by atoms with Crippen LogP contribution < -0.4 is 0 Å². The molecule has 0 aliphatic heterocycles. The maximum Gasteiger partial charge on any atom is 0.516 e. The third-order valence-electron chi connectivity index (χ3n) is 4.17. The average Bonchev–Trinajstić information content (AvgIpc) is 2.97. The average molecular weight is 571 g/mol.